The number of benzene rings is 6. The summed E-state index contributed by atoms with van der Waals surface area (Å²) in [6, 6.07) is 45.1. The van der Waals surface area contributed by atoms with Crippen LogP contribution in [-0.4, -0.2) is 26.6 Å². The van der Waals surface area contributed by atoms with Gasteiger partial charge in [0.2, 0.25) is 0 Å². The highest BCUT2D eigenvalue weighted by Gasteiger charge is 2.10. The van der Waals surface area contributed by atoms with Crippen molar-refractivity contribution in [3.05, 3.63) is 145 Å². The zero-order valence-electron chi connectivity index (χ0n) is 28.7. The van der Waals surface area contributed by atoms with E-state index in [9.17, 15) is 0 Å². The van der Waals surface area contributed by atoms with Crippen LogP contribution in [0.5, 0.6) is 17.2 Å². The molecule has 0 amide bonds. The molecule has 254 valence electrons. The van der Waals surface area contributed by atoms with Crippen molar-refractivity contribution in [2.24, 2.45) is 0 Å². The molecule has 0 aromatic heterocycles. The number of anilines is 8. The van der Waals surface area contributed by atoms with Crippen molar-refractivity contribution in [2.75, 3.05) is 47.8 Å². The molecule has 8 heteroatoms. The Hall–Kier alpha value is -5.73. The molecule has 0 aliphatic carbocycles. The zero-order chi connectivity index (χ0) is 34.7. The minimum absolute atomic E-state index is 0.514. The first kappa shape index (κ1) is 34.1. The topological polar surface area (TPSA) is 75.8 Å². The minimum Gasteiger partial charge on any atom is -0.497 e. The number of aryl methyl sites for hydroxylation is 2. The third kappa shape index (κ3) is 9.45. The maximum Gasteiger partial charge on any atom is 0.142 e. The van der Waals surface area contributed by atoms with Gasteiger partial charge in [-0.2, -0.15) is 0 Å². The van der Waals surface area contributed by atoms with Gasteiger partial charge in [0.25, 0.3) is 0 Å². The predicted molar refractivity (Wildman–Crippen MR) is 211 cm³/mol. The number of hydrogen-bond acceptors (Lipinski definition) is 8. The first-order chi connectivity index (χ1) is 24.4. The molecule has 0 bridgehead atoms. The fourth-order valence-electron chi connectivity index (χ4n) is 5.23. The van der Waals surface area contributed by atoms with Crippen molar-refractivity contribution >= 4 is 57.3 Å². The lowest BCUT2D eigenvalue weighted by Gasteiger charge is -2.17. The van der Waals surface area contributed by atoms with Crippen LogP contribution in [0.3, 0.4) is 0 Å². The van der Waals surface area contributed by atoms with Gasteiger partial charge in [-0.3, -0.25) is 0 Å². The predicted octanol–water partition coefficient (Wildman–Crippen LogP) is 11.5. The summed E-state index contributed by atoms with van der Waals surface area (Å²) in [4.78, 5) is 1.14. The third-order valence-electron chi connectivity index (χ3n) is 7.98. The average molecular weight is 683 g/mol. The minimum atomic E-state index is 0.514. The number of methoxy groups -OCH3 is 2. The van der Waals surface area contributed by atoms with Crippen LogP contribution in [0.1, 0.15) is 11.1 Å². The average Bonchev–Trinajstić information content (AvgIpc) is 3.14. The van der Waals surface area contributed by atoms with Crippen molar-refractivity contribution in [3.8, 4) is 17.2 Å². The summed E-state index contributed by atoms with van der Waals surface area (Å²) in [7, 11) is 3.33. The quantitative estimate of drug-likeness (QED) is 0.0630. The highest BCUT2D eigenvalue weighted by Crippen LogP contribution is 2.36. The molecule has 7 nitrogen and oxygen atoms in total. The van der Waals surface area contributed by atoms with Crippen molar-refractivity contribution in [2.45, 2.75) is 18.7 Å². The Balaban J connectivity index is 1.16. The molecule has 4 N–H and O–H groups in total. The van der Waals surface area contributed by atoms with Crippen molar-refractivity contribution < 1.29 is 14.2 Å². The number of ether oxygens (including phenoxy) is 3. The Kier molecular flexibility index (Phi) is 11.3. The van der Waals surface area contributed by atoms with E-state index >= 15 is 0 Å². The number of rotatable bonds is 15. The molecular formula is C42H42N4O3S. The molecule has 0 spiro atoms. The van der Waals surface area contributed by atoms with Crippen molar-refractivity contribution in [1.29, 1.82) is 0 Å². The Morgan fingerprint density at radius 1 is 0.460 bits per heavy atom. The Morgan fingerprint density at radius 3 is 1.40 bits per heavy atom. The van der Waals surface area contributed by atoms with Gasteiger partial charge >= 0.3 is 0 Å². The van der Waals surface area contributed by atoms with Gasteiger partial charge in [0.05, 0.1) is 32.2 Å². The van der Waals surface area contributed by atoms with Crippen LogP contribution in [0, 0.1) is 13.8 Å². The Morgan fingerprint density at radius 2 is 0.880 bits per heavy atom. The Labute approximate surface area is 299 Å². The summed E-state index contributed by atoms with van der Waals surface area (Å²) in [5, 5.41) is 14.2. The molecule has 6 rings (SSSR count). The van der Waals surface area contributed by atoms with E-state index in [4.69, 9.17) is 14.2 Å². The summed E-state index contributed by atoms with van der Waals surface area (Å²) < 4.78 is 17.1. The summed E-state index contributed by atoms with van der Waals surface area (Å²) in [6.45, 7) is 4.71. The van der Waals surface area contributed by atoms with Gasteiger partial charge in [0.15, 0.2) is 0 Å². The van der Waals surface area contributed by atoms with Gasteiger partial charge in [-0.25, -0.2) is 0 Å². The first-order valence-corrected chi connectivity index (χ1v) is 17.5. The number of hydrogen-bond donors (Lipinski definition) is 4. The molecule has 6 aromatic carbocycles. The van der Waals surface area contributed by atoms with E-state index in [1.807, 2.05) is 60.7 Å². The SMILES string of the molecule is COc1ccc(Nc2ccc(OCCSc3ccc(Nc4ccc(C)cc4)cc3Nc3ccc(C)cc3)c(Nc3ccc(OC)cc3)c2)cc1. The van der Waals surface area contributed by atoms with Crippen LogP contribution < -0.4 is 35.5 Å². The third-order valence-corrected chi connectivity index (χ3v) is 9.01. The standard InChI is InChI=1S/C42H42N4O3S/c1-29-5-9-31(10-6-29)43-36-18-24-42(40(28-36)46-33-11-7-30(2)8-12-33)50-26-25-49-41-23-17-35(44-32-13-19-37(47-3)20-14-32)27-39(41)45-34-15-21-38(48-4)22-16-34/h5-24,27-28,43-46H,25-26H2,1-4H3. The summed E-state index contributed by atoms with van der Waals surface area (Å²) >= 11 is 1.76. The second-order valence-corrected chi connectivity index (χ2v) is 12.9. The maximum absolute atomic E-state index is 6.41. The van der Waals surface area contributed by atoms with Crippen molar-refractivity contribution in [1.82, 2.24) is 0 Å². The van der Waals surface area contributed by atoms with Gasteiger partial charge in [0, 0.05) is 44.8 Å². The van der Waals surface area contributed by atoms with Crippen LogP contribution >= 0.6 is 11.8 Å². The fourth-order valence-corrected chi connectivity index (χ4v) is 6.05. The smallest absolute Gasteiger partial charge is 0.142 e. The van der Waals surface area contributed by atoms with Crippen molar-refractivity contribution in [3.63, 3.8) is 0 Å². The first-order valence-electron chi connectivity index (χ1n) is 16.5. The zero-order valence-corrected chi connectivity index (χ0v) is 29.6. The Bertz CT molecular complexity index is 1980. The number of nitrogens with one attached hydrogen (secondary N) is 4. The van der Waals surface area contributed by atoms with Crippen LogP contribution in [0.25, 0.3) is 0 Å². The van der Waals surface area contributed by atoms with E-state index in [-0.39, 0.29) is 0 Å². The normalized spacial score (nSPS) is 10.6. The van der Waals surface area contributed by atoms with E-state index < -0.39 is 0 Å². The van der Waals surface area contributed by atoms with Gasteiger partial charge < -0.3 is 35.5 Å². The lowest BCUT2D eigenvalue weighted by molar-refractivity contribution is 0.346. The molecule has 0 saturated heterocycles. The fraction of sp³-hybridized carbons (Fsp3) is 0.143. The molecule has 0 heterocycles. The van der Waals surface area contributed by atoms with Crippen LogP contribution in [0.15, 0.2) is 138 Å². The molecule has 0 atom stereocenters. The summed E-state index contributed by atoms with van der Waals surface area (Å²) in [6.07, 6.45) is 0. The van der Waals surface area contributed by atoms with Crippen LogP contribution in [0.4, 0.5) is 45.5 Å². The van der Waals surface area contributed by atoms with E-state index in [0.717, 1.165) is 73.4 Å². The molecular weight excluding hydrogens is 641 g/mol. The van der Waals surface area contributed by atoms with E-state index in [2.05, 4.69) is 108 Å². The van der Waals surface area contributed by atoms with E-state index in [0.29, 0.717) is 6.61 Å². The van der Waals surface area contributed by atoms with Gasteiger partial charge in [-0.05, 0) is 123 Å². The lowest BCUT2D eigenvalue weighted by Crippen LogP contribution is -2.04. The van der Waals surface area contributed by atoms with Gasteiger partial charge in [-0.1, -0.05) is 35.4 Å². The molecule has 0 radical (unpaired) electrons. The molecule has 0 saturated carbocycles. The second-order valence-electron chi connectivity index (χ2n) is 11.8. The van der Waals surface area contributed by atoms with E-state index in [1.54, 1.807) is 26.0 Å². The second kappa shape index (κ2) is 16.6. The summed E-state index contributed by atoms with van der Waals surface area (Å²) in [5.41, 5.74) is 10.3. The van der Waals surface area contributed by atoms with Gasteiger partial charge in [0.1, 0.15) is 17.2 Å². The lowest BCUT2D eigenvalue weighted by atomic mass is 10.2. The molecule has 0 fully saturated rings. The van der Waals surface area contributed by atoms with Crippen LogP contribution in [-0.2, 0) is 0 Å². The molecule has 50 heavy (non-hydrogen) atoms. The molecule has 0 unspecified atom stereocenters. The van der Waals surface area contributed by atoms with Crippen LogP contribution in [0.2, 0.25) is 0 Å². The summed E-state index contributed by atoms with van der Waals surface area (Å²) in [5.74, 6) is 3.12. The monoisotopic (exact) mass is 682 g/mol. The highest BCUT2D eigenvalue weighted by atomic mass is 32.2. The number of thioether (sulfide) groups is 1. The molecule has 0 aliphatic rings. The largest absolute Gasteiger partial charge is 0.497 e. The maximum atomic E-state index is 6.41. The molecule has 0 aliphatic heterocycles. The molecule has 6 aromatic rings. The highest BCUT2D eigenvalue weighted by molar-refractivity contribution is 7.99. The van der Waals surface area contributed by atoms with Gasteiger partial charge in [-0.15, -0.1) is 11.8 Å². The van der Waals surface area contributed by atoms with E-state index in [1.165, 1.54) is 11.1 Å².